The Kier molecular flexibility index (Phi) is 4.14. The minimum atomic E-state index is -1.05. The van der Waals surface area contributed by atoms with E-state index in [1.165, 1.54) is 18.3 Å². The molecular formula is C12H23NOSi. The number of hydrogen-bond donors (Lipinski definition) is 0. The zero-order chi connectivity index (χ0) is 11.5. The van der Waals surface area contributed by atoms with E-state index in [4.69, 9.17) is 0 Å². The van der Waals surface area contributed by atoms with E-state index < -0.39 is 8.07 Å². The second-order valence-electron chi connectivity index (χ2n) is 5.54. The molecule has 3 heteroatoms. The van der Waals surface area contributed by atoms with E-state index in [9.17, 15) is 4.79 Å². The first-order chi connectivity index (χ1) is 6.92. The average Bonchev–Trinajstić information content (AvgIpc) is 2.50. The number of nitrogens with zero attached hydrogens (tertiary/aromatic N) is 1. The van der Waals surface area contributed by atoms with Gasteiger partial charge in [-0.3, -0.25) is 4.79 Å². The van der Waals surface area contributed by atoms with Gasteiger partial charge >= 0.3 is 0 Å². The largest absolute Gasteiger partial charge is 0.378 e. The quantitative estimate of drug-likeness (QED) is 0.542. The molecule has 0 aromatic carbocycles. The van der Waals surface area contributed by atoms with Crippen LogP contribution in [0.1, 0.15) is 26.2 Å². The van der Waals surface area contributed by atoms with Gasteiger partial charge in [0.05, 0.1) is 8.07 Å². The molecule has 1 saturated heterocycles. The zero-order valence-corrected chi connectivity index (χ0v) is 11.5. The Morgan fingerprint density at radius 3 is 2.67 bits per heavy atom. The van der Waals surface area contributed by atoms with Crippen molar-refractivity contribution in [2.45, 2.75) is 45.8 Å². The molecule has 0 aromatic heterocycles. The van der Waals surface area contributed by atoms with Crippen LogP contribution in [0.3, 0.4) is 0 Å². The fourth-order valence-electron chi connectivity index (χ4n) is 1.96. The highest BCUT2D eigenvalue weighted by Crippen LogP contribution is 2.22. The summed E-state index contributed by atoms with van der Waals surface area (Å²) in [6.45, 7) is 10.2. The maximum absolute atomic E-state index is 11.4. The maximum atomic E-state index is 11.4. The van der Waals surface area contributed by atoms with Crippen LogP contribution in [-0.2, 0) is 4.79 Å². The number of likely N-dealkylation sites (tertiary alicyclic amines) is 1. The summed E-state index contributed by atoms with van der Waals surface area (Å²) in [6, 6.07) is 0. The Morgan fingerprint density at radius 1 is 1.47 bits per heavy atom. The normalized spacial score (nSPS) is 20.0. The molecule has 0 bridgehead atoms. The summed E-state index contributed by atoms with van der Waals surface area (Å²) in [4.78, 5) is 13.8. The van der Waals surface area contributed by atoms with Crippen LogP contribution in [0, 0.1) is 0 Å². The van der Waals surface area contributed by atoms with E-state index in [0.717, 1.165) is 13.0 Å². The molecule has 1 rings (SSSR count). The van der Waals surface area contributed by atoms with Gasteiger partial charge in [0.1, 0.15) is 0 Å². The summed E-state index contributed by atoms with van der Waals surface area (Å²) < 4.78 is 0. The molecule has 1 heterocycles. The van der Waals surface area contributed by atoms with Gasteiger partial charge in [-0.25, -0.2) is 0 Å². The second kappa shape index (κ2) is 4.97. The highest BCUT2D eigenvalue weighted by Gasteiger charge is 2.23. The topological polar surface area (TPSA) is 20.3 Å². The molecule has 0 amide bonds. The van der Waals surface area contributed by atoms with Gasteiger partial charge in [-0.1, -0.05) is 26.6 Å². The van der Waals surface area contributed by atoms with Gasteiger partial charge in [0, 0.05) is 30.9 Å². The Morgan fingerprint density at radius 2 is 2.13 bits per heavy atom. The first-order valence-corrected chi connectivity index (χ1v) is 9.61. The van der Waals surface area contributed by atoms with Crippen molar-refractivity contribution in [2.75, 3.05) is 12.7 Å². The van der Waals surface area contributed by atoms with E-state index >= 15 is 0 Å². The molecule has 1 fully saturated rings. The standard InChI is InChI=1S/C12H23NOSi/c1-5-12(14)9-11-7-6-8-13(11)10-15(2,3)4/h9H,5-8,10H2,1-4H3/b11-9+. The van der Waals surface area contributed by atoms with Crippen molar-refractivity contribution >= 4 is 13.9 Å². The summed E-state index contributed by atoms with van der Waals surface area (Å²) in [6.07, 6.45) is 6.00. The monoisotopic (exact) mass is 225 g/mol. The Balaban J connectivity index is 2.65. The summed E-state index contributed by atoms with van der Waals surface area (Å²) in [7, 11) is -1.05. The number of carbonyl (C=O) groups is 1. The van der Waals surface area contributed by atoms with Crippen LogP contribution >= 0.6 is 0 Å². The van der Waals surface area contributed by atoms with Gasteiger partial charge in [0.25, 0.3) is 0 Å². The summed E-state index contributed by atoms with van der Waals surface area (Å²) in [5.74, 6) is 0.271. The lowest BCUT2D eigenvalue weighted by atomic mass is 10.2. The van der Waals surface area contributed by atoms with Gasteiger partial charge in [-0.2, -0.15) is 0 Å². The molecule has 0 unspecified atom stereocenters. The number of hydrogen-bond acceptors (Lipinski definition) is 2. The minimum Gasteiger partial charge on any atom is -0.378 e. The van der Waals surface area contributed by atoms with Crippen molar-refractivity contribution in [3.8, 4) is 0 Å². The van der Waals surface area contributed by atoms with E-state index in [-0.39, 0.29) is 5.78 Å². The number of ketones is 1. The molecule has 0 aliphatic carbocycles. The fourth-order valence-corrected chi connectivity index (χ4v) is 3.46. The van der Waals surface area contributed by atoms with Crippen molar-refractivity contribution in [3.63, 3.8) is 0 Å². The van der Waals surface area contributed by atoms with Gasteiger partial charge in [0.15, 0.2) is 5.78 Å². The first kappa shape index (κ1) is 12.5. The van der Waals surface area contributed by atoms with Gasteiger partial charge in [-0.05, 0) is 12.8 Å². The molecule has 0 aromatic rings. The SMILES string of the molecule is CCC(=O)/C=C1\CCCN1C[Si](C)(C)C. The fraction of sp³-hybridized carbons (Fsp3) is 0.750. The van der Waals surface area contributed by atoms with E-state index in [0.29, 0.717) is 6.42 Å². The molecule has 1 aliphatic heterocycles. The van der Waals surface area contributed by atoms with Crippen LogP contribution in [0.15, 0.2) is 11.8 Å². The highest BCUT2D eigenvalue weighted by atomic mass is 28.3. The maximum Gasteiger partial charge on any atom is 0.157 e. The van der Waals surface area contributed by atoms with Crippen LogP contribution in [0.25, 0.3) is 0 Å². The van der Waals surface area contributed by atoms with Gasteiger partial charge < -0.3 is 4.90 Å². The molecule has 0 N–H and O–H groups in total. The lowest BCUT2D eigenvalue weighted by Crippen LogP contribution is -2.38. The molecule has 2 nitrogen and oxygen atoms in total. The minimum absolute atomic E-state index is 0.271. The van der Waals surface area contributed by atoms with Crippen molar-refractivity contribution in [2.24, 2.45) is 0 Å². The molecular weight excluding hydrogens is 202 g/mol. The molecule has 0 atom stereocenters. The molecule has 0 spiro atoms. The summed E-state index contributed by atoms with van der Waals surface area (Å²) in [5, 5.41) is 0. The van der Waals surface area contributed by atoms with Gasteiger partial charge in [0.2, 0.25) is 0 Å². The van der Waals surface area contributed by atoms with Crippen molar-refractivity contribution in [1.29, 1.82) is 0 Å². The van der Waals surface area contributed by atoms with E-state index in [1.807, 2.05) is 13.0 Å². The van der Waals surface area contributed by atoms with Crippen molar-refractivity contribution in [1.82, 2.24) is 4.90 Å². The highest BCUT2D eigenvalue weighted by molar-refractivity contribution is 6.76. The second-order valence-corrected chi connectivity index (χ2v) is 11.0. The molecule has 0 saturated carbocycles. The van der Waals surface area contributed by atoms with E-state index in [2.05, 4.69) is 24.5 Å². The predicted octanol–water partition coefficient (Wildman–Crippen LogP) is 2.82. The first-order valence-electron chi connectivity index (χ1n) is 5.91. The smallest absolute Gasteiger partial charge is 0.157 e. The van der Waals surface area contributed by atoms with Crippen LogP contribution in [0.2, 0.25) is 19.6 Å². The van der Waals surface area contributed by atoms with E-state index in [1.54, 1.807) is 0 Å². The van der Waals surface area contributed by atoms with Crippen LogP contribution in [0.4, 0.5) is 0 Å². The van der Waals surface area contributed by atoms with Gasteiger partial charge in [-0.15, -0.1) is 0 Å². The van der Waals surface area contributed by atoms with Crippen LogP contribution < -0.4 is 0 Å². The third-order valence-corrected chi connectivity index (χ3v) is 3.94. The lowest BCUT2D eigenvalue weighted by molar-refractivity contribution is -0.114. The predicted molar refractivity (Wildman–Crippen MR) is 67.5 cm³/mol. The third-order valence-electron chi connectivity index (χ3n) is 2.61. The molecule has 1 aliphatic rings. The number of allylic oxidation sites excluding steroid dienone is 2. The summed E-state index contributed by atoms with van der Waals surface area (Å²) in [5.41, 5.74) is 1.28. The average molecular weight is 225 g/mol. The third kappa shape index (κ3) is 4.20. The van der Waals surface area contributed by atoms with Crippen LogP contribution in [0.5, 0.6) is 0 Å². The summed E-state index contributed by atoms with van der Waals surface area (Å²) >= 11 is 0. The van der Waals surface area contributed by atoms with Crippen molar-refractivity contribution in [3.05, 3.63) is 11.8 Å². The zero-order valence-electron chi connectivity index (χ0n) is 10.5. The number of rotatable bonds is 4. The van der Waals surface area contributed by atoms with Crippen LogP contribution in [-0.4, -0.2) is 31.5 Å². The Labute approximate surface area is 94.4 Å². The molecule has 0 radical (unpaired) electrons. The molecule has 15 heavy (non-hydrogen) atoms. The number of carbonyl (C=O) groups excluding carboxylic acids is 1. The Hall–Kier alpha value is -0.573. The lowest BCUT2D eigenvalue weighted by Gasteiger charge is -2.27. The van der Waals surface area contributed by atoms with Crippen molar-refractivity contribution < 1.29 is 4.79 Å². The molecule has 86 valence electrons. The Bertz CT molecular complexity index is 265.